The van der Waals surface area contributed by atoms with Crippen LogP contribution in [0, 0.1) is 6.92 Å². The highest BCUT2D eigenvalue weighted by atomic mass is 16.3. The van der Waals surface area contributed by atoms with Crippen LogP contribution in [0.25, 0.3) is 16.6 Å². The van der Waals surface area contributed by atoms with Crippen LogP contribution in [0.4, 0.5) is 0 Å². The Morgan fingerprint density at radius 1 is 1.10 bits per heavy atom. The lowest BCUT2D eigenvalue weighted by atomic mass is 10.1. The zero-order chi connectivity index (χ0) is 14.8. The van der Waals surface area contributed by atoms with Crippen molar-refractivity contribution in [3.8, 4) is 5.69 Å². The molecule has 1 aromatic heterocycles. The molecule has 3 aromatic rings. The van der Waals surface area contributed by atoms with Crippen molar-refractivity contribution in [1.82, 2.24) is 4.57 Å². The zero-order valence-electron chi connectivity index (χ0n) is 12.2. The van der Waals surface area contributed by atoms with Crippen LogP contribution in [0.1, 0.15) is 11.1 Å². The largest absolute Gasteiger partial charge is 0.391 e. The lowest BCUT2D eigenvalue weighted by molar-refractivity contribution is 0.183. The second-order valence-electron chi connectivity index (χ2n) is 5.42. The minimum absolute atomic E-state index is 0.278. The lowest BCUT2D eigenvalue weighted by Gasteiger charge is -2.14. The van der Waals surface area contributed by atoms with Crippen molar-refractivity contribution in [1.29, 1.82) is 0 Å². The molecule has 0 saturated heterocycles. The zero-order valence-corrected chi connectivity index (χ0v) is 12.2. The maximum atomic E-state index is 9.87. The molecule has 21 heavy (non-hydrogen) atoms. The number of aliphatic hydroxyl groups is 1. The molecule has 3 nitrogen and oxygen atoms in total. The van der Waals surface area contributed by atoms with Gasteiger partial charge in [0.25, 0.3) is 0 Å². The van der Waals surface area contributed by atoms with Gasteiger partial charge in [0, 0.05) is 30.2 Å². The molecule has 0 fully saturated rings. The first-order valence-corrected chi connectivity index (χ1v) is 7.24. The lowest BCUT2D eigenvalue weighted by Crippen LogP contribution is -2.22. The van der Waals surface area contributed by atoms with Crippen molar-refractivity contribution in [2.45, 2.75) is 19.4 Å². The third-order valence-corrected chi connectivity index (χ3v) is 3.89. The van der Waals surface area contributed by atoms with Crippen molar-refractivity contribution in [3.05, 3.63) is 65.9 Å². The molecule has 0 radical (unpaired) electrons. The molecule has 0 aliphatic heterocycles. The second kappa shape index (κ2) is 5.72. The molecule has 1 heterocycles. The minimum atomic E-state index is -0.505. The monoisotopic (exact) mass is 280 g/mol. The smallest absolute Gasteiger partial charge is 0.0703 e. The minimum Gasteiger partial charge on any atom is -0.391 e. The number of aromatic nitrogens is 1. The Bertz CT molecular complexity index is 761. The average Bonchev–Trinajstić information content (AvgIpc) is 2.85. The molecule has 1 atom stereocenters. The van der Waals surface area contributed by atoms with Crippen molar-refractivity contribution in [2.24, 2.45) is 5.73 Å². The van der Waals surface area contributed by atoms with E-state index >= 15 is 0 Å². The van der Waals surface area contributed by atoms with Gasteiger partial charge in [-0.1, -0.05) is 36.4 Å². The van der Waals surface area contributed by atoms with E-state index in [2.05, 4.69) is 54.1 Å². The highest BCUT2D eigenvalue weighted by molar-refractivity contribution is 5.85. The SMILES string of the molecule is Cc1cn(-c2ccccc2CC(O)CN)c2ccccc12. The van der Waals surface area contributed by atoms with Gasteiger partial charge in [-0.05, 0) is 30.2 Å². The van der Waals surface area contributed by atoms with Crippen LogP contribution in [-0.2, 0) is 6.42 Å². The van der Waals surface area contributed by atoms with Gasteiger partial charge < -0.3 is 15.4 Å². The van der Waals surface area contributed by atoms with Crippen molar-refractivity contribution in [3.63, 3.8) is 0 Å². The molecular weight excluding hydrogens is 260 g/mol. The maximum Gasteiger partial charge on any atom is 0.0703 e. The van der Waals surface area contributed by atoms with Crippen LogP contribution in [0.2, 0.25) is 0 Å². The van der Waals surface area contributed by atoms with Crippen LogP contribution < -0.4 is 5.73 Å². The van der Waals surface area contributed by atoms with Gasteiger partial charge in [0.2, 0.25) is 0 Å². The number of fused-ring (bicyclic) bond motifs is 1. The van der Waals surface area contributed by atoms with E-state index in [0.717, 1.165) is 11.3 Å². The Morgan fingerprint density at radius 2 is 1.81 bits per heavy atom. The predicted molar refractivity (Wildman–Crippen MR) is 86.8 cm³/mol. The van der Waals surface area contributed by atoms with E-state index in [9.17, 15) is 5.11 Å². The molecule has 0 aliphatic carbocycles. The fourth-order valence-electron chi connectivity index (χ4n) is 2.80. The summed E-state index contributed by atoms with van der Waals surface area (Å²) in [5, 5.41) is 11.1. The Labute approximate surface area is 124 Å². The Kier molecular flexibility index (Phi) is 3.78. The summed E-state index contributed by atoms with van der Waals surface area (Å²) in [5.41, 5.74) is 10.2. The van der Waals surface area contributed by atoms with E-state index in [1.54, 1.807) is 0 Å². The molecule has 0 saturated carbocycles. The quantitative estimate of drug-likeness (QED) is 0.772. The fraction of sp³-hybridized carbons (Fsp3) is 0.222. The first-order chi connectivity index (χ1) is 10.2. The number of aryl methyl sites for hydroxylation is 1. The molecule has 2 aromatic carbocycles. The van der Waals surface area contributed by atoms with Crippen LogP contribution in [-0.4, -0.2) is 22.3 Å². The third-order valence-electron chi connectivity index (χ3n) is 3.89. The van der Waals surface area contributed by atoms with E-state index < -0.39 is 6.10 Å². The summed E-state index contributed by atoms with van der Waals surface area (Å²) in [6, 6.07) is 16.5. The standard InChI is InChI=1S/C18H20N2O/c1-13-12-20(18-9-5-3-7-16(13)18)17-8-4-2-6-14(17)10-15(21)11-19/h2-9,12,15,21H,10-11,19H2,1H3. The summed E-state index contributed by atoms with van der Waals surface area (Å²) in [6.07, 6.45) is 2.21. The molecular formula is C18H20N2O. The predicted octanol–water partition coefficient (Wildman–Crippen LogP) is 2.80. The summed E-state index contributed by atoms with van der Waals surface area (Å²) in [7, 11) is 0. The number of para-hydroxylation sites is 2. The maximum absolute atomic E-state index is 9.87. The number of nitrogens with two attached hydrogens (primary N) is 1. The number of rotatable bonds is 4. The van der Waals surface area contributed by atoms with Gasteiger partial charge in [-0.3, -0.25) is 0 Å². The van der Waals surface area contributed by atoms with E-state index in [0.29, 0.717) is 6.42 Å². The van der Waals surface area contributed by atoms with E-state index in [1.165, 1.54) is 16.5 Å². The molecule has 0 spiro atoms. The molecule has 3 N–H and O–H groups in total. The van der Waals surface area contributed by atoms with E-state index in [1.807, 2.05) is 12.1 Å². The summed E-state index contributed by atoms with van der Waals surface area (Å²) >= 11 is 0. The summed E-state index contributed by atoms with van der Waals surface area (Å²) in [6.45, 7) is 2.40. The highest BCUT2D eigenvalue weighted by Gasteiger charge is 2.12. The molecule has 108 valence electrons. The molecule has 3 rings (SSSR count). The number of benzene rings is 2. The van der Waals surface area contributed by atoms with Crippen molar-refractivity contribution in [2.75, 3.05) is 6.54 Å². The van der Waals surface area contributed by atoms with Gasteiger partial charge in [0.15, 0.2) is 0 Å². The van der Waals surface area contributed by atoms with E-state index in [-0.39, 0.29) is 6.54 Å². The summed E-state index contributed by atoms with van der Waals surface area (Å²) < 4.78 is 2.20. The van der Waals surface area contributed by atoms with E-state index in [4.69, 9.17) is 5.73 Å². The first-order valence-electron chi connectivity index (χ1n) is 7.24. The van der Waals surface area contributed by atoms with Gasteiger partial charge in [-0.15, -0.1) is 0 Å². The van der Waals surface area contributed by atoms with Gasteiger partial charge in [0.1, 0.15) is 0 Å². The number of hydrogen-bond acceptors (Lipinski definition) is 2. The average molecular weight is 280 g/mol. The number of hydrogen-bond donors (Lipinski definition) is 2. The van der Waals surface area contributed by atoms with Gasteiger partial charge in [-0.2, -0.15) is 0 Å². The molecule has 0 aliphatic rings. The van der Waals surface area contributed by atoms with Crippen molar-refractivity contribution < 1.29 is 5.11 Å². The van der Waals surface area contributed by atoms with Crippen LogP contribution in [0.3, 0.4) is 0 Å². The van der Waals surface area contributed by atoms with Crippen molar-refractivity contribution >= 4 is 10.9 Å². The molecule has 1 unspecified atom stereocenters. The Morgan fingerprint density at radius 3 is 2.62 bits per heavy atom. The van der Waals surface area contributed by atoms with Crippen LogP contribution >= 0.6 is 0 Å². The summed E-state index contributed by atoms with van der Waals surface area (Å²) in [5.74, 6) is 0. The molecule has 0 bridgehead atoms. The van der Waals surface area contributed by atoms with Crippen LogP contribution in [0.15, 0.2) is 54.7 Å². The number of aliphatic hydroxyl groups excluding tert-OH is 1. The van der Waals surface area contributed by atoms with Gasteiger partial charge >= 0.3 is 0 Å². The molecule has 3 heteroatoms. The highest BCUT2D eigenvalue weighted by Crippen LogP contribution is 2.26. The molecule has 0 amide bonds. The third kappa shape index (κ3) is 2.58. The van der Waals surface area contributed by atoms with Crippen LogP contribution in [0.5, 0.6) is 0 Å². The normalized spacial score (nSPS) is 12.7. The Hall–Kier alpha value is -2.10. The Balaban J connectivity index is 2.15. The van der Waals surface area contributed by atoms with Gasteiger partial charge in [0.05, 0.1) is 11.6 Å². The fourth-order valence-corrected chi connectivity index (χ4v) is 2.80. The number of nitrogens with zero attached hydrogens (tertiary/aromatic N) is 1. The topological polar surface area (TPSA) is 51.2 Å². The first kappa shape index (κ1) is 13.9. The van der Waals surface area contributed by atoms with Gasteiger partial charge in [-0.25, -0.2) is 0 Å². The second-order valence-corrected chi connectivity index (χ2v) is 5.42. The summed E-state index contributed by atoms with van der Waals surface area (Å²) in [4.78, 5) is 0.